The van der Waals surface area contributed by atoms with Crippen molar-refractivity contribution >= 4 is 23.1 Å². The highest BCUT2D eigenvalue weighted by Crippen LogP contribution is 2.28. The van der Waals surface area contributed by atoms with Gasteiger partial charge in [-0.3, -0.25) is 4.79 Å². The second-order valence-electron chi connectivity index (χ2n) is 6.73. The Kier molecular flexibility index (Phi) is 6.61. The van der Waals surface area contributed by atoms with E-state index >= 15 is 0 Å². The molecule has 0 aliphatic carbocycles. The molecule has 2 aromatic heterocycles. The summed E-state index contributed by atoms with van der Waals surface area (Å²) < 4.78 is 12.5. The number of hydrogen-bond acceptors (Lipinski definition) is 6. The predicted molar refractivity (Wildman–Crippen MR) is 113 cm³/mol. The number of rotatable bonds is 8. The van der Waals surface area contributed by atoms with Gasteiger partial charge in [-0.15, -0.1) is 11.3 Å². The van der Waals surface area contributed by atoms with Gasteiger partial charge in [0.25, 0.3) is 0 Å². The standard InChI is InChI=1S/C22H24N2O4S/c1-14-12-18(16(3)24(14)10-11-27-4)19(25)13-28-22(26)20-15(2)23-21(29-20)17-8-6-5-7-9-17/h5-9,12H,10-11,13H2,1-4H3. The normalized spacial score (nSPS) is 10.9. The Labute approximate surface area is 174 Å². The molecule has 0 N–H and O–H groups in total. The summed E-state index contributed by atoms with van der Waals surface area (Å²) in [4.78, 5) is 30.0. The number of thiazole rings is 1. The van der Waals surface area contributed by atoms with Gasteiger partial charge in [0.15, 0.2) is 6.61 Å². The van der Waals surface area contributed by atoms with Crippen molar-refractivity contribution in [3.63, 3.8) is 0 Å². The van der Waals surface area contributed by atoms with E-state index in [2.05, 4.69) is 4.98 Å². The number of ketones is 1. The molecule has 0 unspecified atom stereocenters. The smallest absolute Gasteiger partial charge is 0.350 e. The zero-order valence-electron chi connectivity index (χ0n) is 17.0. The SMILES string of the molecule is COCCn1c(C)cc(C(=O)COC(=O)c2sc(-c3ccccc3)nc2C)c1C. The minimum Gasteiger partial charge on any atom is -0.453 e. The fourth-order valence-corrected chi connectivity index (χ4v) is 4.14. The van der Waals surface area contributed by atoms with Gasteiger partial charge >= 0.3 is 5.97 Å². The molecular weight excluding hydrogens is 388 g/mol. The lowest BCUT2D eigenvalue weighted by molar-refractivity contribution is 0.0478. The first-order valence-electron chi connectivity index (χ1n) is 9.31. The second-order valence-corrected chi connectivity index (χ2v) is 7.73. The third-order valence-electron chi connectivity index (χ3n) is 4.73. The lowest BCUT2D eigenvalue weighted by atomic mass is 10.1. The van der Waals surface area contributed by atoms with Crippen LogP contribution < -0.4 is 0 Å². The van der Waals surface area contributed by atoms with Crippen molar-refractivity contribution in [3.8, 4) is 10.6 Å². The van der Waals surface area contributed by atoms with Crippen LogP contribution in [0.5, 0.6) is 0 Å². The van der Waals surface area contributed by atoms with Crippen LogP contribution in [0, 0.1) is 20.8 Å². The quantitative estimate of drug-likeness (QED) is 0.409. The van der Waals surface area contributed by atoms with Crippen LogP contribution in [0.15, 0.2) is 36.4 Å². The van der Waals surface area contributed by atoms with E-state index in [0.717, 1.165) is 22.0 Å². The van der Waals surface area contributed by atoms with Gasteiger partial charge in [0.2, 0.25) is 5.78 Å². The summed E-state index contributed by atoms with van der Waals surface area (Å²) in [5.41, 5.74) is 3.93. The van der Waals surface area contributed by atoms with Crippen LogP contribution in [0.1, 0.15) is 37.1 Å². The Morgan fingerprint density at radius 1 is 1.14 bits per heavy atom. The number of hydrogen-bond donors (Lipinski definition) is 0. The van der Waals surface area contributed by atoms with Crippen LogP contribution in [-0.4, -0.2) is 41.6 Å². The highest BCUT2D eigenvalue weighted by atomic mass is 32.1. The van der Waals surface area contributed by atoms with Crippen LogP contribution in [-0.2, 0) is 16.0 Å². The topological polar surface area (TPSA) is 70.4 Å². The van der Waals surface area contributed by atoms with E-state index in [-0.39, 0.29) is 12.4 Å². The zero-order valence-corrected chi connectivity index (χ0v) is 17.8. The van der Waals surface area contributed by atoms with Crippen molar-refractivity contribution in [1.29, 1.82) is 0 Å². The van der Waals surface area contributed by atoms with Gasteiger partial charge in [0, 0.05) is 36.2 Å². The molecule has 6 nitrogen and oxygen atoms in total. The van der Waals surface area contributed by atoms with E-state index in [1.54, 1.807) is 14.0 Å². The number of Topliss-reactive ketones (excluding diaryl/α,β-unsaturated/α-hetero) is 1. The summed E-state index contributed by atoms with van der Waals surface area (Å²) in [5, 5.41) is 0.753. The van der Waals surface area contributed by atoms with Crippen LogP contribution in [0.25, 0.3) is 10.6 Å². The molecule has 152 valence electrons. The van der Waals surface area contributed by atoms with Crippen LogP contribution in [0.3, 0.4) is 0 Å². The monoisotopic (exact) mass is 412 g/mol. The van der Waals surface area contributed by atoms with Crippen molar-refractivity contribution in [3.05, 3.63) is 63.9 Å². The molecule has 0 fully saturated rings. The third-order valence-corrected chi connectivity index (χ3v) is 5.92. The molecule has 1 aromatic carbocycles. The van der Waals surface area contributed by atoms with Gasteiger partial charge < -0.3 is 14.0 Å². The van der Waals surface area contributed by atoms with E-state index < -0.39 is 5.97 Å². The largest absolute Gasteiger partial charge is 0.453 e. The van der Waals surface area contributed by atoms with Gasteiger partial charge in [-0.05, 0) is 26.8 Å². The Morgan fingerprint density at radius 3 is 2.55 bits per heavy atom. The van der Waals surface area contributed by atoms with E-state index in [9.17, 15) is 9.59 Å². The van der Waals surface area contributed by atoms with Crippen molar-refractivity contribution in [2.24, 2.45) is 0 Å². The molecule has 0 amide bonds. The second kappa shape index (κ2) is 9.15. The fraction of sp³-hybridized carbons (Fsp3) is 0.318. The number of methoxy groups -OCH3 is 1. The predicted octanol–water partition coefficient (Wildman–Crippen LogP) is 4.22. The molecule has 7 heteroatoms. The summed E-state index contributed by atoms with van der Waals surface area (Å²) >= 11 is 1.27. The Hall–Kier alpha value is -2.77. The first kappa shape index (κ1) is 21.0. The minimum absolute atomic E-state index is 0.222. The number of ether oxygens (including phenoxy) is 2. The summed E-state index contributed by atoms with van der Waals surface area (Å²) in [6, 6.07) is 11.5. The third kappa shape index (κ3) is 4.63. The molecule has 29 heavy (non-hydrogen) atoms. The summed E-state index contributed by atoms with van der Waals surface area (Å²) in [6.45, 7) is 6.53. The van der Waals surface area contributed by atoms with Gasteiger partial charge in [-0.1, -0.05) is 30.3 Å². The number of benzene rings is 1. The van der Waals surface area contributed by atoms with Crippen molar-refractivity contribution in [1.82, 2.24) is 9.55 Å². The van der Waals surface area contributed by atoms with Gasteiger partial charge in [-0.25, -0.2) is 9.78 Å². The van der Waals surface area contributed by atoms with Crippen molar-refractivity contribution in [2.45, 2.75) is 27.3 Å². The van der Waals surface area contributed by atoms with Crippen LogP contribution in [0.2, 0.25) is 0 Å². The molecule has 0 spiro atoms. The molecule has 2 heterocycles. The van der Waals surface area contributed by atoms with Crippen molar-refractivity contribution in [2.75, 3.05) is 20.3 Å². The Balaban J connectivity index is 1.68. The first-order valence-corrected chi connectivity index (χ1v) is 10.1. The average Bonchev–Trinajstić information content (AvgIpc) is 3.25. The molecule has 3 aromatic rings. The molecule has 0 saturated carbocycles. The van der Waals surface area contributed by atoms with Gasteiger partial charge in [-0.2, -0.15) is 0 Å². The zero-order chi connectivity index (χ0) is 21.0. The number of carbonyl (C=O) groups excluding carboxylic acids is 2. The molecule has 0 atom stereocenters. The maximum Gasteiger partial charge on any atom is 0.350 e. The summed E-state index contributed by atoms with van der Waals surface area (Å²) in [7, 11) is 1.64. The number of esters is 1. The average molecular weight is 413 g/mol. The van der Waals surface area contributed by atoms with E-state index in [1.165, 1.54) is 11.3 Å². The molecule has 0 saturated heterocycles. The van der Waals surface area contributed by atoms with Crippen molar-refractivity contribution < 1.29 is 19.1 Å². The molecule has 3 rings (SSSR count). The number of aromatic nitrogens is 2. The summed E-state index contributed by atoms with van der Waals surface area (Å²) in [6.07, 6.45) is 0. The van der Waals surface area contributed by atoms with Gasteiger partial charge in [0.1, 0.15) is 9.88 Å². The maximum absolute atomic E-state index is 12.6. The molecular formula is C22H24N2O4S. The lowest BCUT2D eigenvalue weighted by Crippen LogP contribution is -2.15. The van der Waals surface area contributed by atoms with Crippen LogP contribution >= 0.6 is 11.3 Å². The minimum atomic E-state index is -0.524. The van der Waals surface area contributed by atoms with E-state index in [1.807, 2.05) is 54.8 Å². The Bertz CT molecular complexity index is 1020. The Morgan fingerprint density at radius 2 is 1.86 bits per heavy atom. The molecule has 0 bridgehead atoms. The molecule has 0 radical (unpaired) electrons. The first-order chi connectivity index (χ1) is 13.9. The van der Waals surface area contributed by atoms with E-state index in [0.29, 0.717) is 29.3 Å². The highest BCUT2D eigenvalue weighted by Gasteiger charge is 2.21. The fourth-order valence-electron chi connectivity index (χ4n) is 3.17. The van der Waals surface area contributed by atoms with Crippen LogP contribution in [0.4, 0.5) is 0 Å². The number of aryl methyl sites for hydroxylation is 2. The highest BCUT2D eigenvalue weighted by molar-refractivity contribution is 7.17. The molecule has 0 aliphatic rings. The lowest BCUT2D eigenvalue weighted by Gasteiger charge is -2.09. The van der Waals surface area contributed by atoms with E-state index in [4.69, 9.17) is 9.47 Å². The van der Waals surface area contributed by atoms with Gasteiger partial charge in [0.05, 0.1) is 12.3 Å². The summed E-state index contributed by atoms with van der Waals surface area (Å²) in [5.74, 6) is -0.746. The number of nitrogens with zero attached hydrogens (tertiary/aromatic N) is 2. The number of carbonyl (C=O) groups is 2. The maximum atomic E-state index is 12.6. The molecule has 0 aliphatic heterocycles.